The van der Waals surface area contributed by atoms with Crippen LogP contribution in [-0.2, 0) is 13.5 Å². The quantitative estimate of drug-likeness (QED) is 0.923. The average Bonchev–Trinajstić information content (AvgIpc) is 2.78. The lowest BCUT2D eigenvalue weighted by Gasteiger charge is -2.15. The van der Waals surface area contributed by atoms with Gasteiger partial charge in [0.2, 0.25) is 0 Å². The SMILES string of the molecule is Cn1ccnc1CCC(CN)c1ccc(Br)cc1. The molecule has 0 saturated heterocycles. The highest BCUT2D eigenvalue weighted by Gasteiger charge is 2.11. The average molecular weight is 308 g/mol. The first-order valence-electron chi connectivity index (χ1n) is 6.12. The summed E-state index contributed by atoms with van der Waals surface area (Å²) in [6, 6.07) is 8.41. The predicted molar refractivity (Wildman–Crippen MR) is 77.5 cm³/mol. The van der Waals surface area contributed by atoms with E-state index in [4.69, 9.17) is 5.73 Å². The van der Waals surface area contributed by atoms with Gasteiger partial charge < -0.3 is 10.3 Å². The number of imidazole rings is 1. The minimum Gasteiger partial charge on any atom is -0.338 e. The Hall–Kier alpha value is -1.13. The number of benzene rings is 1. The molecule has 2 rings (SSSR count). The van der Waals surface area contributed by atoms with Crippen molar-refractivity contribution >= 4 is 15.9 Å². The molecule has 0 amide bonds. The minimum absolute atomic E-state index is 0.398. The van der Waals surface area contributed by atoms with Crippen molar-refractivity contribution in [3.8, 4) is 0 Å². The lowest BCUT2D eigenvalue weighted by Crippen LogP contribution is -2.14. The van der Waals surface area contributed by atoms with Gasteiger partial charge >= 0.3 is 0 Å². The summed E-state index contributed by atoms with van der Waals surface area (Å²) in [4.78, 5) is 4.34. The number of nitrogens with two attached hydrogens (primary N) is 1. The lowest BCUT2D eigenvalue weighted by atomic mass is 9.94. The molecule has 1 aromatic heterocycles. The molecule has 4 heteroatoms. The van der Waals surface area contributed by atoms with Crippen molar-refractivity contribution in [1.82, 2.24) is 9.55 Å². The number of hydrogen-bond donors (Lipinski definition) is 1. The standard InChI is InChI=1S/C14H18BrN3/c1-18-9-8-17-14(18)7-4-12(10-16)11-2-5-13(15)6-3-11/h2-3,5-6,8-9,12H,4,7,10,16H2,1H3. The van der Waals surface area contributed by atoms with E-state index in [0.717, 1.165) is 23.1 Å². The van der Waals surface area contributed by atoms with Crippen LogP contribution in [0.25, 0.3) is 0 Å². The van der Waals surface area contributed by atoms with Gasteiger partial charge in [-0.15, -0.1) is 0 Å². The van der Waals surface area contributed by atoms with Crippen LogP contribution in [0.3, 0.4) is 0 Å². The second kappa shape index (κ2) is 6.16. The summed E-state index contributed by atoms with van der Waals surface area (Å²) in [5.41, 5.74) is 7.18. The summed E-state index contributed by atoms with van der Waals surface area (Å²) in [6.45, 7) is 0.673. The zero-order valence-electron chi connectivity index (χ0n) is 10.5. The first-order valence-corrected chi connectivity index (χ1v) is 6.91. The Morgan fingerprint density at radius 3 is 2.61 bits per heavy atom. The van der Waals surface area contributed by atoms with Gasteiger partial charge in [0, 0.05) is 30.3 Å². The van der Waals surface area contributed by atoms with E-state index in [0.29, 0.717) is 12.5 Å². The van der Waals surface area contributed by atoms with E-state index >= 15 is 0 Å². The molecule has 3 nitrogen and oxygen atoms in total. The molecule has 0 saturated carbocycles. The van der Waals surface area contributed by atoms with Crippen LogP contribution in [0.2, 0.25) is 0 Å². The fourth-order valence-electron chi connectivity index (χ4n) is 2.10. The van der Waals surface area contributed by atoms with Crippen molar-refractivity contribution in [2.45, 2.75) is 18.8 Å². The zero-order valence-corrected chi connectivity index (χ0v) is 12.1. The van der Waals surface area contributed by atoms with Gasteiger partial charge in [-0.2, -0.15) is 0 Å². The molecule has 96 valence electrons. The van der Waals surface area contributed by atoms with Gasteiger partial charge in [0.25, 0.3) is 0 Å². The molecule has 2 aromatic rings. The normalized spacial score (nSPS) is 12.6. The first-order chi connectivity index (χ1) is 8.70. The van der Waals surface area contributed by atoms with Crippen LogP contribution in [-0.4, -0.2) is 16.1 Å². The number of rotatable bonds is 5. The molecule has 0 radical (unpaired) electrons. The van der Waals surface area contributed by atoms with Crippen molar-refractivity contribution in [3.05, 3.63) is 52.5 Å². The van der Waals surface area contributed by atoms with Crippen LogP contribution < -0.4 is 5.73 Å². The fraction of sp³-hybridized carbons (Fsp3) is 0.357. The maximum Gasteiger partial charge on any atom is 0.108 e. The van der Waals surface area contributed by atoms with E-state index in [1.54, 1.807) is 0 Å². The molecule has 1 unspecified atom stereocenters. The van der Waals surface area contributed by atoms with Crippen LogP contribution >= 0.6 is 15.9 Å². The summed E-state index contributed by atoms with van der Waals surface area (Å²) >= 11 is 3.45. The minimum atomic E-state index is 0.398. The number of aryl methyl sites for hydroxylation is 2. The van der Waals surface area contributed by atoms with Gasteiger partial charge in [0.15, 0.2) is 0 Å². The molecule has 1 atom stereocenters. The Kier molecular flexibility index (Phi) is 4.55. The molecular weight excluding hydrogens is 290 g/mol. The molecule has 0 aliphatic heterocycles. The van der Waals surface area contributed by atoms with Gasteiger partial charge in [0.05, 0.1) is 0 Å². The Morgan fingerprint density at radius 1 is 1.33 bits per heavy atom. The highest BCUT2D eigenvalue weighted by Crippen LogP contribution is 2.22. The molecular formula is C14H18BrN3. The Balaban J connectivity index is 2.01. The predicted octanol–water partition coefficient (Wildman–Crippen LogP) is 2.86. The molecule has 0 fully saturated rings. The van der Waals surface area contributed by atoms with Crippen molar-refractivity contribution < 1.29 is 0 Å². The molecule has 18 heavy (non-hydrogen) atoms. The molecule has 1 aromatic carbocycles. The van der Waals surface area contributed by atoms with Crippen molar-refractivity contribution in [1.29, 1.82) is 0 Å². The summed E-state index contributed by atoms with van der Waals surface area (Å²) in [5, 5.41) is 0. The Morgan fingerprint density at radius 2 is 2.06 bits per heavy atom. The smallest absolute Gasteiger partial charge is 0.108 e. The van der Waals surface area contributed by atoms with E-state index < -0.39 is 0 Å². The van der Waals surface area contributed by atoms with Crippen LogP contribution in [0.4, 0.5) is 0 Å². The van der Waals surface area contributed by atoms with E-state index in [1.807, 2.05) is 19.4 Å². The third-order valence-electron chi connectivity index (χ3n) is 3.26. The fourth-order valence-corrected chi connectivity index (χ4v) is 2.36. The van der Waals surface area contributed by atoms with Crippen molar-refractivity contribution in [3.63, 3.8) is 0 Å². The summed E-state index contributed by atoms with van der Waals surface area (Å²) in [5.74, 6) is 1.51. The van der Waals surface area contributed by atoms with Crippen LogP contribution in [0.5, 0.6) is 0 Å². The molecule has 0 aliphatic carbocycles. The third kappa shape index (κ3) is 3.21. The maximum atomic E-state index is 5.88. The van der Waals surface area contributed by atoms with Crippen molar-refractivity contribution in [2.24, 2.45) is 12.8 Å². The summed E-state index contributed by atoms with van der Waals surface area (Å²) in [7, 11) is 2.03. The lowest BCUT2D eigenvalue weighted by molar-refractivity contribution is 0.608. The van der Waals surface area contributed by atoms with E-state index in [1.165, 1.54) is 5.56 Å². The second-order valence-electron chi connectivity index (χ2n) is 4.48. The summed E-state index contributed by atoms with van der Waals surface area (Å²) < 4.78 is 3.17. The molecule has 0 aliphatic rings. The van der Waals surface area contributed by atoms with E-state index in [2.05, 4.69) is 49.7 Å². The topological polar surface area (TPSA) is 43.8 Å². The molecule has 2 N–H and O–H groups in total. The van der Waals surface area contributed by atoms with E-state index in [-0.39, 0.29) is 0 Å². The first kappa shape index (κ1) is 13.3. The van der Waals surface area contributed by atoms with Gasteiger partial charge in [-0.05, 0) is 36.6 Å². The van der Waals surface area contributed by atoms with Gasteiger partial charge in [0.1, 0.15) is 5.82 Å². The Bertz CT molecular complexity index is 490. The third-order valence-corrected chi connectivity index (χ3v) is 3.79. The molecule has 0 spiro atoms. The highest BCUT2D eigenvalue weighted by molar-refractivity contribution is 9.10. The molecule has 0 bridgehead atoms. The van der Waals surface area contributed by atoms with Gasteiger partial charge in [-0.1, -0.05) is 28.1 Å². The Labute approximate surface area is 116 Å². The molecule has 1 heterocycles. The van der Waals surface area contributed by atoms with Crippen LogP contribution in [0, 0.1) is 0 Å². The van der Waals surface area contributed by atoms with Gasteiger partial charge in [-0.3, -0.25) is 0 Å². The number of aromatic nitrogens is 2. The number of nitrogens with zero attached hydrogens (tertiary/aromatic N) is 2. The van der Waals surface area contributed by atoms with Crippen molar-refractivity contribution in [2.75, 3.05) is 6.54 Å². The van der Waals surface area contributed by atoms with Crippen LogP contribution in [0.1, 0.15) is 23.7 Å². The van der Waals surface area contributed by atoms with E-state index in [9.17, 15) is 0 Å². The number of halogens is 1. The van der Waals surface area contributed by atoms with Gasteiger partial charge in [-0.25, -0.2) is 4.98 Å². The number of hydrogen-bond acceptors (Lipinski definition) is 2. The second-order valence-corrected chi connectivity index (χ2v) is 5.39. The zero-order chi connectivity index (χ0) is 13.0. The monoisotopic (exact) mass is 307 g/mol. The largest absolute Gasteiger partial charge is 0.338 e. The highest BCUT2D eigenvalue weighted by atomic mass is 79.9. The maximum absolute atomic E-state index is 5.88. The van der Waals surface area contributed by atoms with Crippen LogP contribution in [0.15, 0.2) is 41.1 Å². The summed E-state index contributed by atoms with van der Waals surface area (Å²) in [6.07, 6.45) is 5.81.